The third kappa shape index (κ3) is 8.94. The van der Waals surface area contributed by atoms with Gasteiger partial charge in [0.1, 0.15) is 12.4 Å². The van der Waals surface area contributed by atoms with E-state index in [1.165, 1.54) is 0 Å². The maximum atomic E-state index is 13.5. The molecule has 3 N–H and O–H groups in total. The number of carbonyl (C=O) groups excluding carboxylic acids is 2. The van der Waals surface area contributed by atoms with Gasteiger partial charge in [-0.1, -0.05) is 60.7 Å². The number of nitrogens with zero attached hydrogens (tertiary/aromatic N) is 2. The van der Waals surface area contributed by atoms with Crippen LogP contribution in [0.1, 0.15) is 30.4 Å². The van der Waals surface area contributed by atoms with Crippen LogP contribution in [0.2, 0.25) is 0 Å². The minimum atomic E-state index is -0.503. The highest BCUT2D eigenvalue weighted by molar-refractivity contribution is 9.11. The quantitative estimate of drug-likeness (QED) is 0.144. The maximum absolute atomic E-state index is 13.5. The summed E-state index contributed by atoms with van der Waals surface area (Å²) in [6, 6.07) is 29.1. The molecule has 1 saturated heterocycles. The summed E-state index contributed by atoms with van der Waals surface area (Å²) >= 11 is 6.71. The van der Waals surface area contributed by atoms with Gasteiger partial charge in [-0.05, 0) is 98.1 Å². The van der Waals surface area contributed by atoms with Gasteiger partial charge in [-0.25, -0.2) is 14.8 Å². The van der Waals surface area contributed by atoms with Gasteiger partial charge in [-0.2, -0.15) is 0 Å². The molecule has 4 aromatic rings. The fourth-order valence-electron chi connectivity index (χ4n) is 5.12. The van der Waals surface area contributed by atoms with Gasteiger partial charge in [0.25, 0.3) is 0 Å². The zero-order valence-corrected chi connectivity index (χ0v) is 27.9. The number of rotatable bonds is 11. The Morgan fingerprint density at radius 1 is 0.844 bits per heavy atom. The van der Waals surface area contributed by atoms with Crippen LogP contribution in [0.5, 0.6) is 5.75 Å². The average molecular weight is 735 g/mol. The number of phenols is 1. The molecule has 1 heterocycles. The van der Waals surface area contributed by atoms with E-state index in [1.54, 1.807) is 5.01 Å². The summed E-state index contributed by atoms with van der Waals surface area (Å²) in [5.74, 6) is -0.0570. The monoisotopic (exact) mass is 733 g/mol. The molecule has 0 saturated carbocycles. The zero-order valence-electron chi connectivity index (χ0n) is 24.7. The number of phenolic OH excluding ortho intramolecular Hbond substituents is 1. The number of hydrogen-bond acceptors (Lipinski definition) is 6. The molecule has 1 fully saturated rings. The SMILES string of the molecule is O=C(CCOC(=O)N(c1ccccc1-c1ccccc1)N1CC[CH]CC1)Nc1ccc(CNCc2cc(Br)c(O)c(Br)c2)cc1. The van der Waals surface area contributed by atoms with Gasteiger partial charge in [0, 0.05) is 37.4 Å². The highest BCUT2D eigenvalue weighted by atomic mass is 79.9. The number of ether oxygens (including phenoxy) is 1. The molecule has 0 bridgehead atoms. The highest BCUT2D eigenvalue weighted by Crippen LogP contribution is 2.34. The Hall–Kier alpha value is -3.70. The van der Waals surface area contributed by atoms with Crippen molar-refractivity contribution in [3.63, 3.8) is 0 Å². The van der Waals surface area contributed by atoms with Crippen LogP contribution in [-0.4, -0.2) is 41.8 Å². The predicted octanol–water partition coefficient (Wildman–Crippen LogP) is 8.06. The lowest BCUT2D eigenvalue weighted by molar-refractivity contribution is -0.116. The van der Waals surface area contributed by atoms with Crippen molar-refractivity contribution in [3.8, 4) is 16.9 Å². The Bertz CT molecular complexity index is 1570. The summed E-state index contributed by atoms with van der Waals surface area (Å²) in [5.41, 5.74) is 5.44. The fraction of sp³-hybridized carbons (Fsp3) is 0.229. The molecule has 8 nitrogen and oxygen atoms in total. The van der Waals surface area contributed by atoms with E-state index >= 15 is 0 Å². The van der Waals surface area contributed by atoms with Crippen molar-refractivity contribution >= 4 is 55.2 Å². The van der Waals surface area contributed by atoms with E-state index in [2.05, 4.69) is 48.9 Å². The zero-order chi connectivity index (χ0) is 31.6. The van der Waals surface area contributed by atoms with Crippen LogP contribution >= 0.6 is 31.9 Å². The van der Waals surface area contributed by atoms with E-state index < -0.39 is 6.09 Å². The molecule has 2 amide bonds. The smallest absolute Gasteiger partial charge is 0.429 e. The lowest BCUT2D eigenvalue weighted by Gasteiger charge is -2.37. The number of para-hydroxylation sites is 1. The number of hydrazine groups is 1. The number of halogens is 2. The van der Waals surface area contributed by atoms with Gasteiger partial charge in [0.05, 0.1) is 21.1 Å². The van der Waals surface area contributed by atoms with Crippen LogP contribution in [0.4, 0.5) is 16.2 Å². The van der Waals surface area contributed by atoms with E-state index in [9.17, 15) is 14.7 Å². The number of aromatic hydroxyl groups is 1. The summed E-state index contributed by atoms with van der Waals surface area (Å²) in [6.45, 7) is 2.63. The number of nitrogens with one attached hydrogen (secondary N) is 2. The molecule has 5 rings (SSSR count). The number of anilines is 2. The summed E-state index contributed by atoms with van der Waals surface area (Å²) in [6.07, 6.45) is 3.52. The van der Waals surface area contributed by atoms with Crippen molar-refractivity contribution in [1.82, 2.24) is 10.3 Å². The molecule has 4 aromatic carbocycles. The predicted molar refractivity (Wildman–Crippen MR) is 185 cm³/mol. The van der Waals surface area contributed by atoms with E-state index in [1.807, 2.05) is 96.0 Å². The Labute approximate surface area is 280 Å². The van der Waals surface area contributed by atoms with Crippen LogP contribution in [0.3, 0.4) is 0 Å². The topological polar surface area (TPSA) is 94.1 Å². The molecule has 0 atom stereocenters. The van der Waals surface area contributed by atoms with Crippen molar-refractivity contribution in [2.45, 2.75) is 32.4 Å². The molecule has 233 valence electrons. The van der Waals surface area contributed by atoms with Crippen LogP contribution in [0.15, 0.2) is 99.9 Å². The first-order valence-electron chi connectivity index (χ1n) is 14.8. The largest absolute Gasteiger partial charge is 0.506 e. The van der Waals surface area contributed by atoms with Crippen LogP contribution in [-0.2, 0) is 22.6 Å². The average Bonchev–Trinajstić information content (AvgIpc) is 3.06. The fourth-order valence-corrected chi connectivity index (χ4v) is 6.40. The summed E-state index contributed by atoms with van der Waals surface area (Å²) in [5, 5.41) is 19.8. The molecule has 0 aliphatic carbocycles. The molecule has 10 heteroatoms. The first-order chi connectivity index (χ1) is 21.9. The van der Waals surface area contributed by atoms with Crippen LogP contribution in [0, 0.1) is 6.42 Å². The number of carbonyl (C=O) groups is 2. The van der Waals surface area contributed by atoms with Crippen LogP contribution in [0.25, 0.3) is 11.1 Å². The second kappa shape index (κ2) is 16.0. The number of piperidine rings is 1. The maximum Gasteiger partial charge on any atom is 0.429 e. The first-order valence-corrected chi connectivity index (χ1v) is 16.4. The van der Waals surface area contributed by atoms with Gasteiger partial charge in [0.15, 0.2) is 0 Å². The van der Waals surface area contributed by atoms with E-state index in [0.717, 1.165) is 40.8 Å². The number of hydrogen-bond donors (Lipinski definition) is 3. The highest BCUT2D eigenvalue weighted by Gasteiger charge is 2.28. The van der Waals surface area contributed by atoms with E-state index in [-0.39, 0.29) is 24.7 Å². The molecule has 1 aliphatic heterocycles. The van der Waals surface area contributed by atoms with Gasteiger partial charge >= 0.3 is 6.09 Å². The third-order valence-electron chi connectivity index (χ3n) is 7.38. The molecule has 1 radical (unpaired) electrons. The van der Waals surface area contributed by atoms with Gasteiger partial charge in [-0.3, -0.25) is 4.79 Å². The minimum Gasteiger partial charge on any atom is -0.506 e. The Balaban J connectivity index is 1.13. The second-order valence-electron chi connectivity index (χ2n) is 10.6. The minimum absolute atomic E-state index is 0.0365. The number of benzene rings is 4. The van der Waals surface area contributed by atoms with Gasteiger partial charge in [-0.15, -0.1) is 0 Å². The lowest BCUT2D eigenvalue weighted by atomic mass is 10.0. The Morgan fingerprint density at radius 2 is 1.49 bits per heavy atom. The van der Waals surface area contributed by atoms with Gasteiger partial charge < -0.3 is 20.5 Å². The molecule has 45 heavy (non-hydrogen) atoms. The van der Waals surface area contributed by atoms with E-state index in [0.29, 0.717) is 40.8 Å². The molecule has 0 spiro atoms. The van der Waals surface area contributed by atoms with E-state index in [4.69, 9.17) is 4.74 Å². The number of amides is 2. The molecule has 1 aliphatic rings. The van der Waals surface area contributed by atoms with Crippen molar-refractivity contribution in [1.29, 1.82) is 0 Å². The first kappa shape index (κ1) is 32.7. The molecule has 0 unspecified atom stereocenters. The van der Waals surface area contributed by atoms with Gasteiger partial charge in [0.2, 0.25) is 5.91 Å². The lowest BCUT2D eigenvalue weighted by Crippen LogP contribution is -2.49. The summed E-state index contributed by atoms with van der Waals surface area (Å²) in [7, 11) is 0. The van der Waals surface area contributed by atoms with Crippen molar-refractivity contribution < 1.29 is 19.4 Å². The normalized spacial score (nSPS) is 13.3. The molecular formula is C35H35Br2N4O4. The molecule has 0 aromatic heterocycles. The Morgan fingerprint density at radius 3 is 2.20 bits per heavy atom. The van der Waals surface area contributed by atoms with Crippen LogP contribution < -0.4 is 15.6 Å². The Kier molecular flexibility index (Phi) is 11.6. The summed E-state index contributed by atoms with van der Waals surface area (Å²) in [4.78, 5) is 26.2. The summed E-state index contributed by atoms with van der Waals surface area (Å²) < 4.78 is 6.95. The van der Waals surface area contributed by atoms with Crippen molar-refractivity contribution in [2.75, 3.05) is 30.0 Å². The second-order valence-corrected chi connectivity index (χ2v) is 12.3. The van der Waals surface area contributed by atoms with Crippen molar-refractivity contribution in [2.24, 2.45) is 0 Å². The standard InChI is InChI=1S/C35H35Br2N4O4/c36-30-21-26(22-31(37)34(30)43)24-38-23-25-13-15-28(16-14-25)39-33(42)17-20-45-35(44)41(40-18-7-2-8-19-40)32-12-6-5-11-29(32)27-9-3-1-4-10-27/h1-6,9-16,21-22,38,43H,7-8,17-20,23-24H2,(H,39,42). The van der Waals surface area contributed by atoms with Crippen molar-refractivity contribution in [3.05, 3.63) is 117 Å². The third-order valence-corrected chi connectivity index (χ3v) is 8.59. The molecular weight excluding hydrogens is 700 g/mol.